The molecule has 1 aromatic heterocycles. The molecule has 2 aromatic rings. The van der Waals surface area contributed by atoms with Crippen LogP contribution in [0.25, 0.3) is 11.0 Å². The maximum atomic E-state index is 10.6. The molecule has 1 heterocycles. The van der Waals surface area contributed by atoms with Crippen LogP contribution in [0.3, 0.4) is 0 Å². The minimum absolute atomic E-state index is 0.0294. The van der Waals surface area contributed by atoms with E-state index in [1.54, 1.807) is 0 Å². The second kappa shape index (κ2) is 6.09. The second-order valence-corrected chi connectivity index (χ2v) is 5.41. The molecule has 1 aromatic carbocycles. The third kappa shape index (κ3) is 3.02. The van der Waals surface area contributed by atoms with Crippen LogP contribution in [0.4, 0.5) is 0 Å². The molecule has 2 rings (SSSR count). The fourth-order valence-corrected chi connectivity index (χ4v) is 2.46. The van der Waals surface area contributed by atoms with Crippen molar-refractivity contribution in [1.82, 2.24) is 5.32 Å². The quantitative estimate of drug-likeness (QED) is 0.847. The topological polar surface area (TPSA) is 62.5 Å². The summed E-state index contributed by atoms with van der Waals surface area (Å²) in [6.07, 6.45) is 0.114. The Morgan fingerprint density at radius 3 is 2.65 bits per heavy atom. The van der Waals surface area contributed by atoms with Gasteiger partial charge in [0.15, 0.2) is 0 Å². The summed E-state index contributed by atoms with van der Waals surface area (Å²) < 4.78 is 5.97. The molecular weight excluding hydrogens is 254 g/mol. The van der Waals surface area contributed by atoms with E-state index in [9.17, 15) is 4.79 Å². The van der Waals surface area contributed by atoms with Gasteiger partial charge in [0.25, 0.3) is 0 Å². The van der Waals surface area contributed by atoms with Crippen LogP contribution in [0.15, 0.2) is 28.7 Å². The lowest BCUT2D eigenvalue weighted by atomic mass is 9.98. The van der Waals surface area contributed by atoms with Crippen LogP contribution in [0, 0.1) is 12.8 Å². The van der Waals surface area contributed by atoms with E-state index in [1.165, 1.54) is 0 Å². The summed E-state index contributed by atoms with van der Waals surface area (Å²) in [6, 6.07) is 7.99. The number of carboxylic acids is 1. The Hall–Kier alpha value is -1.81. The van der Waals surface area contributed by atoms with Crippen molar-refractivity contribution in [2.24, 2.45) is 5.92 Å². The van der Waals surface area contributed by atoms with Crippen LogP contribution in [-0.4, -0.2) is 17.6 Å². The Morgan fingerprint density at radius 2 is 2.05 bits per heavy atom. The first kappa shape index (κ1) is 14.6. The highest BCUT2D eigenvalue weighted by atomic mass is 16.4. The molecule has 1 atom stereocenters. The van der Waals surface area contributed by atoms with Crippen molar-refractivity contribution in [3.8, 4) is 0 Å². The average molecular weight is 275 g/mol. The fraction of sp³-hybridized carbons (Fsp3) is 0.438. The van der Waals surface area contributed by atoms with E-state index in [4.69, 9.17) is 9.52 Å². The van der Waals surface area contributed by atoms with Crippen molar-refractivity contribution >= 4 is 16.9 Å². The van der Waals surface area contributed by atoms with E-state index in [1.807, 2.05) is 24.3 Å². The highest BCUT2D eigenvalue weighted by molar-refractivity contribution is 5.82. The maximum Gasteiger partial charge on any atom is 0.304 e. The highest BCUT2D eigenvalue weighted by Gasteiger charge is 2.22. The molecule has 0 aliphatic rings. The molecule has 0 spiro atoms. The van der Waals surface area contributed by atoms with Gasteiger partial charge < -0.3 is 14.8 Å². The number of carbonyl (C=O) groups is 1. The number of hydrogen-bond donors (Lipinski definition) is 2. The Kier molecular flexibility index (Phi) is 4.45. The van der Waals surface area contributed by atoms with Crippen molar-refractivity contribution in [3.63, 3.8) is 0 Å². The van der Waals surface area contributed by atoms with Gasteiger partial charge in [0.1, 0.15) is 11.3 Å². The van der Waals surface area contributed by atoms with Gasteiger partial charge in [-0.3, -0.25) is 4.79 Å². The minimum Gasteiger partial charge on any atom is -0.481 e. The molecule has 0 saturated carbocycles. The predicted molar refractivity (Wildman–Crippen MR) is 78.8 cm³/mol. The van der Waals surface area contributed by atoms with Gasteiger partial charge in [-0.1, -0.05) is 32.0 Å². The standard InChI is InChI=1S/C16H21NO3/c1-10(2)15(17-9-8-14(18)19)16-11(3)12-6-4-5-7-13(12)20-16/h4-7,10,15,17H,8-9H2,1-3H3,(H,18,19). The van der Waals surface area contributed by atoms with Crippen LogP contribution in [0.2, 0.25) is 0 Å². The van der Waals surface area contributed by atoms with Crippen molar-refractivity contribution in [2.45, 2.75) is 33.2 Å². The van der Waals surface area contributed by atoms with E-state index in [2.05, 4.69) is 26.1 Å². The van der Waals surface area contributed by atoms with Gasteiger partial charge in [-0.15, -0.1) is 0 Å². The summed E-state index contributed by atoms with van der Waals surface area (Å²) in [5.41, 5.74) is 2.01. The average Bonchev–Trinajstić information content (AvgIpc) is 2.72. The molecular formula is C16H21NO3. The summed E-state index contributed by atoms with van der Waals surface area (Å²) >= 11 is 0. The number of benzene rings is 1. The van der Waals surface area contributed by atoms with Crippen LogP contribution in [-0.2, 0) is 4.79 Å². The molecule has 20 heavy (non-hydrogen) atoms. The number of para-hydroxylation sites is 1. The lowest BCUT2D eigenvalue weighted by Crippen LogP contribution is -2.28. The second-order valence-electron chi connectivity index (χ2n) is 5.41. The van der Waals surface area contributed by atoms with E-state index >= 15 is 0 Å². The number of furan rings is 1. The minimum atomic E-state index is -0.790. The Morgan fingerprint density at radius 1 is 1.35 bits per heavy atom. The normalized spacial score (nSPS) is 13.0. The first-order chi connectivity index (χ1) is 9.50. The Balaban J connectivity index is 2.27. The molecule has 1 unspecified atom stereocenters. The molecule has 0 aliphatic carbocycles. The molecule has 4 heteroatoms. The summed E-state index contributed by atoms with van der Waals surface area (Å²) in [4.78, 5) is 10.6. The molecule has 0 amide bonds. The van der Waals surface area contributed by atoms with Crippen LogP contribution < -0.4 is 5.32 Å². The number of carboxylic acid groups (broad SMARTS) is 1. The molecule has 0 radical (unpaired) electrons. The van der Waals surface area contributed by atoms with Crippen molar-refractivity contribution < 1.29 is 14.3 Å². The largest absolute Gasteiger partial charge is 0.481 e. The number of rotatable bonds is 6. The third-order valence-electron chi connectivity index (χ3n) is 3.53. The smallest absolute Gasteiger partial charge is 0.304 e. The number of aryl methyl sites for hydroxylation is 1. The van der Waals surface area contributed by atoms with E-state index < -0.39 is 5.97 Å². The zero-order valence-corrected chi connectivity index (χ0v) is 12.1. The predicted octanol–water partition coefficient (Wildman–Crippen LogP) is 3.50. The van der Waals surface area contributed by atoms with Gasteiger partial charge >= 0.3 is 5.97 Å². The van der Waals surface area contributed by atoms with E-state index in [0.717, 1.165) is 22.3 Å². The molecule has 0 saturated heterocycles. The van der Waals surface area contributed by atoms with Crippen LogP contribution in [0.5, 0.6) is 0 Å². The summed E-state index contributed by atoms with van der Waals surface area (Å²) in [5, 5.41) is 13.2. The maximum absolute atomic E-state index is 10.6. The molecule has 108 valence electrons. The fourth-order valence-electron chi connectivity index (χ4n) is 2.46. The van der Waals surface area contributed by atoms with Gasteiger partial charge in [0.2, 0.25) is 0 Å². The Labute approximate surface area is 118 Å². The molecule has 2 N–H and O–H groups in total. The number of fused-ring (bicyclic) bond motifs is 1. The van der Waals surface area contributed by atoms with E-state index in [-0.39, 0.29) is 12.5 Å². The van der Waals surface area contributed by atoms with Gasteiger partial charge in [0.05, 0.1) is 12.5 Å². The number of aliphatic carboxylic acids is 1. The summed E-state index contributed by atoms with van der Waals surface area (Å²) in [7, 11) is 0. The molecule has 0 bridgehead atoms. The highest BCUT2D eigenvalue weighted by Crippen LogP contribution is 2.32. The van der Waals surface area contributed by atoms with Crippen LogP contribution >= 0.6 is 0 Å². The van der Waals surface area contributed by atoms with Gasteiger partial charge in [-0.05, 0) is 24.5 Å². The third-order valence-corrected chi connectivity index (χ3v) is 3.53. The number of hydrogen-bond acceptors (Lipinski definition) is 3. The molecule has 4 nitrogen and oxygen atoms in total. The van der Waals surface area contributed by atoms with Gasteiger partial charge in [-0.2, -0.15) is 0 Å². The first-order valence-corrected chi connectivity index (χ1v) is 6.94. The van der Waals surface area contributed by atoms with E-state index in [0.29, 0.717) is 12.5 Å². The zero-order chi connectivity index (χ0) is 14.7. The lowest BCUT2D eigenvalue weighted by molar-refractivity contribution is -0.136. The summed E-state index contributed by atoms with van der Waals surface area (Å²) in [6.45, 7) is 6.69. The van der Waals surface area contributed by atoms with Crippen molar-refractivity contribution in [3.05, 3.63) is 35.6 Å². The zero-order valence-electron chi connectivity index (χ0n) is 12.1. The van der Waals surface area contributed by atoms with Gasteiger partial charge in [-0.25, -0.2) is 0 Å². The SMILES string of the molecule is Cc1c(C(NCCC(=O)O)C(C)C)oc2ccccc12. The summed E-state index contributed by atoms with van der Waals surface area (Å²) in [5.74, 6) is 0.441. The number of nitrogens with one attached hydrogen (secondary N) is 1. The Bertz CT molecular complexity index is 601. The molecule has 0 aliphatic heterocycles. The first-order valence-electron chi connectivity index (χ1n) is 6.94. The van der Waals surface area contributed by atoms with Crippen LogP contribution in [0.1, 0.15) is 37.6 Å². The van der Waals surface area contributed by atoms with Crippen molar-refractivity contribution in [2.75, 3.05) is 6.54 Å². The lowest BCUT2D eigenvalue weighted by Gasteiger charge is -2.20. The van der Waals surface area contributed by atoms with Gasteiger partial charge in [0, 0.05) is 11.9 Å². The molecule has 0 fully saturated rings. The monoisotopic (exact) mass is 275 g/mol. The van der Waals surface area contributed by atoms with Crippen molar-refractivity contribution in [1.29, 1.82) is 0 Å².